The molecule has 2 aromatic rings. The quantitative estimate of drug-likeness (QED) is 0.849. The van der Waals surface area contributed by atoms with Crippen molar-refractivity contribution in [3.8, 4) is 0 Å². The van der Waals surface area contributed by atoms with Crippen molar-refractivity contribution in [2.45, 2.75) is 39.3 Å². The molecule has 2 rings (SSSR count). The van der Waals surface area contributed by atoms with Gasteiger partial charge >= 0.3 is 0 Å². The Morgan fingerprint density at radius 2 is 1.95 bits per heavy atom. The first-order valence-electron chi connectivity index (χ1n) is 7.39. The molecule has 1 aromatic carbocycles. The first-order valence-corrected chi connectivity index (χ1v) is 7.39. The SMILES string of the molecule is CC(NC(=O)[C@@H](N)C(C)C)c1nc(Cc2ccccc2)no1. The van der Waals surface area contributed by atoms with Crippen LogP contribution in [0.3, 0.4) is 0 Å². The fourth-order valence-electron chi connectivity index (χ4n) is 1.97. The third kappa shape index (κ3) is 4.14. The van der Waals surface area contributed by atoms with E-state index in [1.54, 1.807) is 6.92 Å². The lowest BCUT2D eigenvalue weighted by Gasteiger charge is -2.17. The number of carbonyl (C=O) groups is 1. The van der Waals surface area contributed by atoms with Crippen molar-refractivity contribution >= 4 is 5.91 Å². The molecule has 0 saturated carbocycles. The number of rotatable bonds is 6. The van der Waals surface area contributed by atoms with Gasteiger partial charge in [0, 0.05) is 6.42 Å². The van der Waals surface area contributed by atoms with Crippen molar-refractivity contribution in [3.05, 3.63) is 47.6 Å². The van der Waals surface area contributed by atoms with E-state index in [1.165, 1.54) is 0 Å². The Morgan fingerprint density at radius 3 is 2.59 bits per heavy atom. The van der Waals surface area contributed by atoms with E-state index in [2.05, 4.69) is 15.5 Å². The second kappa shape index (κ2) is 7.17. The number of amides is 1. The first kappa shape index (κ1) is 16.2. The summed E-state index contributed by atoms with van der Waals surface area (Å²) in [5.41, 5.74) is 6.92. The normalized spacial score (nSPS) is 13.9. The zero-order chi connectivity index (χ0) is 16.1. The minimum absolute atomic E-state index is 0.0727. The molecule has 6 nitrogen and oxygen atoms in total. The first-order chi connectivity index (χ1) is 10.5. The summed E-state index contributed by atoms with van der Waals surface area (Å²) >= 11 is 0. The van der Waals surface area contributed by atoms with Gasteiger partial charge in [-0.15, -0.1) is 0 Å². The van der Waals surface area contributed by atoms with E-state index in [1.807, 2.05) is 44.2 Å². The maximum absolute atomic E-state index is 11.9. The molecule has 3 N–H and O–H groups in total. The van der Waals surface area contributed by atoms with Gasteiger partial charge in [0.05, 0.1) is 6.04 Å². The number of hydrogen-bond acceptors (Lipinski definition) is 5. The Labute approximate surface area is 130 Å². The lowest BCUT2D eigenvalue weighted by molar-refractivity contribution is -0.124. The Hall–Kier alpha value is -2.21. The lowest BCUT2D eigenvalue weighted by Crippen LogP contribution is -2.44. The van der Waals surface area contributed by atoms with Crippen LogP contribution in [0.1, 0.15) is 44.1 Å². The minimum atomic E-state index is -0.547. The molecule has 1 unspecified atom stereocenters. The van der Waals surface area contributed by atoms with Crippen molar-refractivity contribution in [1.82, 2.24) is 15.5 Å². The smallest absolute Gasteiger partial charge is 0.248 e. The predicted octanol–water partition coefficient (Wildman–Crippen LogP) is 1.82. The lowest BCUT2D eigenvalue weighted by atomic mass is 10.0. The van der Waals surface area contributed by atoms with Crippen molar-refractivity contribution in [2.24, 2.45) is 11.7 Å². The Bertz CT molecular complexity index is 610. The standard InChI is InChI=1S/C16H22N4O2/c1-10(2)14(17)15(21)18-11(3)16-19-13(20-22-16)9-12-7-5-4-6-8-12/h4-8,10-11,14H,9,17H2,1-3H3,(H,18,21)/t11?,14-/m0/s1. The van der Waals surface area contributed by atoms with Gasteiger partial charge in [-0.1, -0.05) is 49.3 Å². The van der Waals surface area contributed by atoms with E-state index < -0.39 is 6.04 Å². The summed E-state index contributed by atoms with van der Waals surface area (Å²) in [7, 11) is 0. The van der Waals surface area contributed by atoms with Crippen LogP contribution in [0.5, 0.6) is 0 Å². The molecule has 0 bridgehead atoms. The average molecular weight is 302 g/mol. The largest absolute Gasteiger partial charge is 0.343 e. The molecular weight excluding hydrogens is 280 g/mol. The van der Waals surface area contributed by atoms with E-state index in [4.69, 9.17) is 10.3 Å². The van der Waals surface area contributed by atoms with Gasteiger partial charge in [0.2, 0.25) is 11.8 Å². The van der Waals surface area contributed by atoms with Crippen LogP contribution in [0.4, 0.5) is 0 Å². The van der Waals surface area contributed by atoms with Crippen LogP contribution < -0.4 is 11.1 Å². The van der Waals surface area contributed by atoms with Gasteiger partial charge in [-0.05, 0) is 18.4 Å². The topological polar surface area (TPSA) is 94.0 Å². The van der Waals surface area contributed by atoms with Gasteiger partial charge in [0.1, 0.15) is 6.04 Å². The summed E-state index contributed by atoms with van der Waals surface area (Å²) in [5.74, 6) is 0.833. The summed E-state index contributed by atoms with van der Waals surface area (Å²) in [4.78, 5) is 16.3. The Balaban J connectivity index is 1.97. The molecular formula is C16H22N4O2. The van der Waals surface area contributed by atoms with Gasteiger partial charge < -0.3 is 15.6 Å². The molecule has 1 amide bonds. The Kier molecular flexibility index (Phi) is 5.27. The van der Waals surface area contributed by atoms with E-state index >= 15 is 0 Å². The molecule has 0 radical (unpaired) electrons. The highest BCUT2D eigenvalue weighted by Gasteiger charge is 2.22. The maximum Gasteiger partial charge on any atom is 0.248 e. The number of hydrogen-bond donors (Lipinski definition) is 2. The molecule has 22 heavy (non-hydrogen) atoms. The third-order valence-corrected chi connectivity index (χ3v) is 3.44. The summed E-state index contributed by atoms with van der Waals surface area (Å²) in [5, 5.41) is 6.75. The van der Waals surface area contributed by atoms with Crippen molar-refractivity contribution < 1.29 is 9.32 Å². The van der Waals surface area contributed by atoms with Crippen LogP contribution in [-0.4, -0.2) is 22.1 Å². The maximum atomic E-state index is 11.9. The number of aromatic nitrogens is 2. The molecule has 1 heterocycles. The average Bonchev–Trinajstić information content (AvgIpc) is 2.96. The summed E-state index contributed by atoms with van der Waals surface area (Å²) in [6.07, 6.45) is 0.594. The number of nitrogens with two attached hydrogens (primary N) is 1. The highest BCUT2D eigenvalue weighted by atomic mass is 16.5. The van der Waals surface area contributed by atoms with Crippen LogP contribution in [0.25, 0.3) is 0 Å². The fraction of sp³-hybridized carbons (Fsp3) is 0.438. The number of nitrogens with one attached hydrogen (secondary N) is 1. The zero-order valence-electron chi connectivity index (χ0n) is 13.1. The number of benzene rings is 1. The molecule has 0 spiro atoms. The minimum Gasteiger partial charge on any atom is -0.343 e. The molecule has 118 valence electrons. The molecule has 0 fully saturated rings. The summed E-state index contributed by atoms with van der Waals surface area (Å²) in [6.45, 7) is 5.60. The second-order valence-electron chi connectivity index (χ2n) is 5.71. The van der Waals surface area contributed by atoms with Crippen molar-refractivity contribution in [2.75, 3.05) is 0 Å². The van der Waals surface area contributed by atoms with Crippen LogP contribution in [-0.2, 0) is 11.2 Å². The molecule has 6 heteroatoms. The van der Waals surface area contributed by atoms with Crippen LogP contribution in [0.2, 0.25) is 0 Å². The van der Waals surface area contributed by atoms with Crippen LogP contribution in [0.15, 0.2) is 34.9 Å². The Morgan fingerprint density at radius 1 is 1.27 bits per heavy atom. The van der Waals surface area contributed by atoms with E-state index in [-0.39, 0.29) is 17.9 Å². The van der Waals surface area contributed by atoms with Crippen LogP contribution in [0, 0.1) is 5.92 Å². The molecule has 2 atom stereocenters. The summed E-state index contributed by atoms with van der Waals surface area (Å²) < 4.78 is 5.22. The highest BCUT2D eigenvalue weighted by Crippen LogP contribution is 2.13. The van der Waals surface area contributed by atoms with Gasteiger partial charge in [0.15, 0.2) is 5.82 Å². The number of nitrogens with zero attached hydrogens (tertiary/aromatic N) is 2. The zero-order valence-corrected chi connectivity index (χ0v) is 13.1. The fourth-order valence-corrected chi connectivity index (χ4v) is 1.97. The second-order valence-corrected chi connectivity index (χ2v) is 5.71. The van der Waals surface area contributed by atoms with Crippen LogP contribution >= 0.6 is 0 Å². The van der Waals surface area contributed by atoms with E-state index in [0.29, 0.717) is 18.1 Å². The summed E-state index contributed by atoms with van der Waals surface area (Å²) in [6, 6.07) is 8.98. The number of carbonyl (C=O) groups excluding carboxylic acids is 1. The van der Waals surface area contributed by atoms with Crippen molar-refractivity contribution in [3.63, 3.8) is 0 Å². The van der Waals surface area contributed by atoms with E-state index in [9.17, 15) is 4.79 Å². The molecule has 0 aliphatic heterocycles. The van der Waals surface area contributed by atoms with E-state index in [0.717, 1.165) is 5.56 Å². The van der Waals surface area contributed by atoms with Gasteiger partial charge in [-0.25, -0.2) is 0 Å². The van der Waals surface area contributed by atoms with Crippen molar-refractivity contribution in [1.29, 1.82) is 0 Å². The predicted molar refractivity (Wildman–Crippen MR) is 82.9 cm³/mol. The van der Waals surface area contributed by atoms with Gasteiger partial charge in [-0.3, -0.25) is 4.79 Å². The molecule has 0 aliphatic carbocycles. The third-order valence-electron chi connectivity index (χ3n) is 3.44. The molecule has 0 aliphatic rings. The highest BCUT2D eigenvalue weighted by molar-refractivity contribution is 5.82. The van der Waals surface area contributed by atoms with Gasteiger partial charge in [-0.2, -0.15) is 4.98 Å². The monoisotopic (exact) mass is 302 g/mol. The van der Waals surface area contributed by atoms with Gasteiger partial charge in [0.25, 0.3) is 0 Å². The molecule has 1 aromatic heterocycles. The molecule has 0 saturated heterocycles.